The van der Waals surface area contributed by atoms with Gasteiger partial charge in [-0.25, -0.2) is 0 Å². The van der Waals surface area contributed by atoms with E-state index in [1.807, 2.05) is 0 Å². The first kappa shape index (κ1) is 57.5. The highest BCUT2D eigenvalue weighted by atomic mass is 16.6. The molecule has 0 aliphatic carbocycles. The number of likely N-dealkylation sites (N-methyl/N-ethyl adjacent to an activating group) is 1. The van der Waals surface area contributed by atoms with Crippen molar-refractivity contribution in [3.63, 3.8) is 0 Å². The van der Waals surface area contributed by atoms with Gasteiger partial charge in [0.1, 0.15) is 12.6 Å². The van der Waals surface area contributed by atoms with E-state index in [1.165, 1.54) is 44.9 Å². The van der Waals surface area contributed by atoms with E-state index < -0.39 is 18.1 Å². The summed E-state index contributed by atoms with van der Waals surface area (Å²) in [5.74, 6) is -1.81. The van der Waals surface area contributed by atoms with Crippen molar-refractivity contribution < 1.29 is 38.2 Å². The second-order valence-electron chi connectivity index (χ2n) is 17.0. The fraction of sp³-hybridized carbons (Fsp3) is 0.679. The molecule has 0 aliphatic rings. The first-order chi connectivity index (χ1) is 29.6. The number of hydrogen-bond donors (Lipinski definition) is 0. The standard InChI is InChI=1S/C53H89NO7/c1-6-8-10-12-14-16-18-20-22-24-26-28-30-32-34-36-38-40-42-44-52(56)61-49(47-59-46-45-50(53(57)58)54(3,4)5)48-60-51(55)43-41-39-37-35-33-31-29-27-25-23-21-19-17-15-13-11-9-7-2/h8,10,14,16,20,22-23,25-29,32,34,49-50H,6-7,9,11-13,15,17-19,21,24,30-31,33,35-48H2,1-5H3/b10-8+,16-14+,22-20+,25-23+,28-26+,29-27+,34-32+. The van der Waals surface area contributed by atoms with Crippen molar-refractivity contribution in [1.82, 2.24) is 0 Å². The summed E-state index contributed by atoms with van der Waals surface area (Å²) in [7, 11) is 5.39. The molecule has 0 rings (SSSR count). The Labute approximate surface area is 373 Å². The van der Waals surface area contributed by atoms with Gasteiger partial charge in [0, 0.05) is 19.3 Å². The van der Waals surface area contributed by atoms with Crippen LogP contribution in [0.3, 0.4) is 0 Å². The monoisotopic (exact) mass is 852 g/mol. The molecule has 8 nitrogen and oxygen atoms in total. The zero-order valence-corrected chi connectivity index (χ0v) is 39.5. The summed E-state index contributed by atoms with van der Waals surface area (Å²) in [4.78, 5) is 37.0. The predicted octanol–water partition coefficient (Wildman–Crippen LogP) is 12.4. The van der Waals surface area contributed by atoms with Crippen LogP contribution in [0.5, 0.6) is 0 Å². The number of quaternary nitrogens is 1. The third-order valence-corrected chi connectivity index (χ3v) is 10.3. The van der Waals surface area contributed by atoms with Gasteiger partial charge in [0.25, 0.3) is 0 Å². The summed E-state index contributed by atoms with van der Waals surface area (Å²) in [6, 6.07) is -0.739. The maximum Gasteiger partial charge on any atom is 0.306 e. The first-order valence-corrected chi connectivity index (χ1v) is 24.1. The van der Waals surface area contributed by atoms with E-state index in [9.17, 15) is 19.5 Å². The fourth-order valence-corrected chi connectivity index (χ4v) is 6.56. The number of nitrogens with zero attached hydrogens (tertiary/aromatic N) is 1. The maximum atomic E-state index is 12.7. The highest BCUT2D eigenvalue weighted by molar-refractivity contribution is 5.70. The minimum absolute atomic E-state index is 0.0173. The number of unbranched alkanes of at least 4 members (excludes halogenated alkanes) is 15. The van der Waals surface area contributed by atoms with Crippen molar-refractivity contribution >= 4 is 17.9 Å². The van der Waals surface area contributed by atoms with Crippen molar-refractivity contribution in [2.45, 2.75) is 193 Å². The number of hydrogen-bond acceptors (Lipinski definition) is 7. The van der Waals surface area contributed by atoms with Gasteiger partial charge >= 0.3 is 11.9 Å². The number of aliphatic carboxylic acids is 1. The molecular formula is C53H89NO7. The molecule has 0 radical (unpaired) electrons. The zero-order valence-electron chi connectivity index (χ0n) is 39.5. The minimum Gasteiger partial charge on any atom is -0.544 e. The summed E-state index contributed by atoms with van der Waals surface area (Å²) in [6.07, 6.45) is 56.1. The Kier molecular flexibility index (Phi) is 40.7. The lowest BCUT2D eigenvalue weighted by atomic mass is 10.1. The molecule has 0 bridgehead atoms. The van der Waals surface area contributed by atoms with Crippen LogP contribution in [0, 0.1) is 0 Å². The molecular weight excluding hydrogens is 763 g/mol. The predicted molar refractivity (Wildman–Crippen MR) is 254 cm³/mol. The van der Waals surface area contributed by atoms with E-state index in [2.05, 4.69) is 98.9 Å². The second kappa shape index (κ2) is 43.2. The molecule has 0 aromatic heterocycles. The van der Waals surface area contributed by atoms with Gasteiger partial charge in [-0.3, -0.25) is 9.59 Å². The smallest absolute Gasteiger partial charge is 0.306 e. The maximum absolute atomic E-state index is 12.7. The van der Waals surface area contributed by atoms with Crippen molar-refractivity contribution in [2.24, 2.45) is 0 Å². The van der Waals surface area contributed by atoms with Gasteiger partial charge in [0.2, 0.25) is 0 Å². The van der Waals surface area contributed by atoms with Gasteiger partial charge in [0.15, 0.2) is 6.10 Å². The summed E-state index contributed by atoms with van der Waals surface area (Å²) in [5, 5.41) is 11.6. The Balaban J connectivity index is 4.41. The molecule has 61 heavy (non-hydrogen) atoms. The average Bonchev–Trinajstić information content (AvgIpc) is 3.22. The molecule has 0 fully saturated rings. The molecule has 0 aromatic carbocycles. The lowest BCUT2D eigenvalue weighted by molar-refractivity contribution is -0.889. The van der Waals surface area contributed by atoms with Crippen LogP contribution in [0.1, 0.15) is 181 Å². The molecule has 0 N–H and O–H groups in total. The minimum atomic E-state index is -1.14. The highest BCUT2D eigenvalue weighted by Gasteiger charge is 2.25. The quantitative estimate of drug-likeness (QED) is 0.0198. The molecule has 0 saturated carbocycles. The van der Waals surface area contributed by atoms with Crippen LogP contribution in [-0.2, 0) is 28.6 Å². The third kappa shape index (κ3) is 41.6. The van der Waals surface area contributed by atoms with Crippen LogP contribution in [0.15, 0.2) is 85.1 Å². The van der Waals surface area contributed by atoms with Gasteiger partial charge in [-0.2, -0.15) is 0 Å². The van der Waals surface area contributed by atoms with E-state index in [0.29, 0.717) is 12.8 Å². The molecule has 348 valence electrons. The Morgan fingerprint density at radius 3 is 1.48 bits per heavy atom. The molecule has 0 aliphatic heterocycles. The summed E-state index contributed by atoms with van der Waals surface area (Å²) in [5.41, 5.74) is 0. The van der Waals surface area contributed by atoms with E-state index in [1.54, 1.807) is 21.1 Å². The summed E-state index contributed by atoms with van der Waals surface area (Å²) >= 11 is 0. The van der Waals surface area contributed by atoms with Crippen LogP contribution in [0.25, 0.3) is 0 Å². The molecule has 0 spiro atoms. The van der Waals surface area contributed by atoms with Crippen LogP contribution in [0.4, 0.5) is 0 Å². The molecule has 8 heteroatoms. The Morgan fingerprint density at radius 1 is 0.525 bits per heavy atom. The van der Waals surface area contributed by atoms with E-state index in [0.717, 1.165) is 96.3 Å². The second-order valence-corrected chi connectivity index (χ2v) is 17.0. The molecule has 2 unspecified atom stereocenters. The van der Waals surface area contributed by atoms with Gasteiger partial charge < -0.3 is 28.6 Å². The number of carboxylic acid groups (broad SMARTS) is 1. The fourth-order valence-electron chi connectivity index (χ4n) is 6.56. The molecule has 0 aromatic rings. The number of carboxylic acids is 1. The van der Waals surface area contributed by atoms with Gasteiger partial charge in [0.05, 0.1) is 40.3 Å². The Morgan fingerprint density at radius 2 is 0.967 bits per heavy atom. The van der Waals surface area contributed by atoms with Crippen LogP contribution >= 0.6 is 0 Å². The topological polar surface area (TPSA) is 102 Å². The van der Waals surface area contributed by atoms with Crippen molar-refractivity contribution in [3.8, 4) is 0 Å². The average molecular weight is 852 g/mol. The number of allylic oxidation sites excluding steroid dienone is 14. The third-order valence-electron chi connectivity index (χ3n) is 10.3. The number of carbonyl (C=O) groups excluding carboxylic acids is 3. The van der Waals surface area contributed by atoms with Gasteiger partial charge in [-0.1, -0.05) is 163 Å². The summed E-state index contributed by atoms with van der Waals surface area (Å²) < 4.78 is 17.2. The van der Waals surface area contributed by atoms with Crippen LogP contribution < -0.4 is 5.11 Å². The van der Waals surface area contributed by atoms with Crippen molar-refractivity contribution in [3.05, 3.63) is 85.1 Å². The summed E-state index contributed by atoms with van der Waals surface area (Å²) in [6.45, 7) is 4.48. The van der Waals surface area contributed by atoms with E-state index in [4.69, 9.17) is 14.2 Å². The number of esters is 2. The van der Waals surface area contributed by atoms with Crippen molar-refractivity contribution in [1.29, 1.82) is 0 Å². The highest BCUT2D eigenvalue weighted by Crippen LogP contribution is 2.13. The number of rotatable bonds is 42. The molecule has 0 heterocycles. The first-order valence-electron chi connectivity index (χ1n) is 24.1. The van der Waals surface area contributed by atoms with E-state index in [-0.39, 0.29) is 49.1 Å². The van der Waals surface area contributed by atoms with Crippen molar-refractivity contribution in [2.75, 3.05) is 41.0 Å². The zero-order chi connectivity index (χ0) is 44.9. The normalized spacial score (nSPS) is 13.7. The Hall–Kier alpha value is -3.49. The SMILES string of the molecule is CC/C=C/C/C=C/C/C=C/C/C=C/C/C=C/CCCCCC(=O)OC(COCCC(C(=O)[O-])[N+](C)(C)C)COC(=O)CCCCCCC/C=C/C=C/CCCCCCCCC. The number of ether oxygens (including phenoxy) is 3. The Bertz CT molecular complexity index is 1270. The van der Waals surface area contributed by atoms with E-state index >= 15 is 0 Å². The van der Waals surface area contributed by atoms with Gasteiger partial charge in [-0.15, -0.1) is 0 Å². The molecule has 2 atom stereocenters. The number of carbonyl (C=O) groups is 3. The lowest BCUT2D eigenvalue weighted by Gasteiger charge is -2.34. The lowest BCUT2D eigenvalue weighted by Crippen LogP contribution is -2.55. The largest absolute Gasteiger partial charge is 0.544 e. The molecule has 0 amide bonds. The van der Waals surface area contributed by atoms with Crippen LogP contribution in [-0.4, -0.2) is 75.5 Å². The van der Waals surface area contributed by atoms with Gasteiger partial charge in [-0.05, 0) is 83.5 Å². The molecule has 0 saturated heterocycles. The van der Waals surface area contributed by atoms with Crippen LogP contribution in [0.2, 0.25) is 0 Å².